The Labute approximate surface area is 133 Å². The Balaban J connectivity index is 2.25. The predicted octanol–water partition coefficient (Wildman–Crippen LogP) is 1.21. The van der Waals surface area contributed by atoms with Crippen LogP contribution in [0.3, 0.4) is 0 Å². The number of rotatable bonds is 11. The zero-order valence-corrected chi connectivity index (χ0v) is 13.8. The summed E-state index contributed by atoms with van der Waals surface area (Å²) in [6, 6.07) is 0. The van der Waals surface area contributed by atoms with Crippen molar-refractivity contribution in [2.75, 3.05) is 20.3 Å². The molecule has 0 aromatic carbocycles. The number of methoxy groups -OCH3 is 1. The Bertz CT molecular complexity index is 273. The zero-order chi connectivity index (χ0) is 16.4. The van der Waals surface area contributed by atoms with Crippen LogP contribution in [-0.2, 0) is 14.2 Å². The van der Waals surface area contributed by atoms with Crippen molar-refractivity contribution in [1.82, 2.24) is 0 Å². The maximum Gasteiger partial charge on any atom is 0.186 e. The number of unbranched alkanes of at least 4 members (excludes halogenated alkanes) is 6. The Morgan fingerprint density at radius 1 is 0.955 bits per heavy atom. The first kappa shape index (κ1) is 19.8. The van der Waals surface area contributed by atoms with Gasteiger partial charge in [-0.15, -0.1) is 0 Å². The molecule has 0 unspecified atom stereocenters. The van der Waals surface area contributed by atoms with E-state index in [1.54, 1.807) is 0 Å². The summed E-state index contributed by atoms with van der Waals surface area (Å²) in [6.07, 6.45) is 3.58. The molecule has 3 N–H and O–H groups in total. The molecule has 132 valence electrons. The topological polar surface area (TPSA) is 88.4 Å². The van der Waals surface area contributed by atoms with E-state index in [-0.39, 0.29) is 6.61 Å². The van der Waals surface area contributed by atoms with Crippen LogP contribution in [0.1, 0.15) is 51.9 Å². The molecule has 0 spiro atoms. The molecule has 0 saturated carbocycles. The van der Waals surface area contributed by atoms with E-state index in [9.17, 15) is 15.3 Å². The molecule has 5 atom stereocenters. The smallest absolute Gasteiger partial charge is 0.186 e. The number of ether oxygens (including phenoxy) is 3. The van der Waals surface area contributed by atoms with Crippen molar-refractivity contribution < 1.29 is 29.5 Å². The average Bonchev–Trinajstić information content (AvgIpc) is 2.53. The van der Waals surface area contributed by atoms with E-state index < -0.39 is 30.7 Å². The molecular weight excluding hydrogens is 288 g/mol. The van der Waals surface area contributed by atoms with Crippen LogP contribution in [0.5, 0.6) is 0 Å². The normalized spacial score (nSPS) is 32.3. The van der Waals surface area contributed by atoms with Crippen molar-refractivity contribution >= 4 is 0 Å². The highest BCUT2D eigenvalue weighted by Gasteiger charge is 2.45. The first-order valence-corrected chi connectivity index (χ1v) is 8.42. The van der Waals surface area contributed by atoms with Gasteiger partial charge in [-0.1, -0.05) is 45.4 Å². The van der Waals surface area contributed by atoms with Crippen molar-refractivity contribution in [3.63, 3.8) is 0 Å². The highest BCUT2D eigenvalue weighted by Crippen LogP contribution is 2.24. The Morgan fingerprint density at radius 2 is 1.59 bits per heavy atom. The van der Waals surface area contributed by atoms with E-state index in [0.717, 1.165) is 12.8 Å². The molecule has 1 rings (SSSR count). The molecular formula is C16H32O6. The lowest BCUT2D eigenvalue weighted by molar-refractivity contribution is -0.301. The molecule has 0 aliphatic carbocycles. The molecule has 1 fully saturated rings. The summed E-state index contributed by atoms with van der Waals surface area (Å²) in [6.45, 7) is 2.40. The fourth-order valence-corrected chi connectivity index (χ4v) is 2.73. The number of aliphatic hydroxyl groups is 3. The Kier molecular flexibility index (Phi) is 10.2. The summed E-state index contributed by atoms with van der Waals surface area (Å²) in [5.41, 5.74) is 0. The minimum atomic E-state index is -1.17. The van der Waals surface area contributed by atoms with E-state index in [0.29, 0.717) is 6.61 Å². The lowest BCUT2D eigenvalue weighted by atomic mass is 9.99. The van der Waals surface area contributed by atoms with Crippen LogP contribution in [0, 0.1) is 0 Å². The lowest BCUT2D eigenvalue weighted by Gasteiger charge is -2.41. The summed E-state index contributed by atoms with van der Waals surface area (Å²) in [5, 5.41) is 29.3. The predicted molar refractivity (Wildman–Crippen MR) is 82.5 cm³/mol. The van der Waals surface area contributed by atoms with E-state index >= 15 is 0 Å². The second kappa shape index (κ2) is 11.3. The van der Waals surface area contributed by atoms with E-state index in [4.69, 9.17) is 14.2 Å². The Hall–Kier alpha value is -0.240. The van der Waals surface area contributed by atoms with E-state index in [1.165, 1.54) is 39.2 Å². The van der Waals surface area contributed by atoms with Crippen LogP contribution in [0.4, 0.5) is 0 Å². The third-order valence-corrected chi connectivity index (χ3v) is 4.11. The van der Waals surface area contributed by atoms with Gasteiger partial charge in [-0.05, 0) is 6.42 Å². The fraction of sp³-hybridized carbons (Fsp3) is 1.00. The highest BCUT2D eigenvalue weighted by atomic mass is 16.7. The van der Waals surface area contributed by atoms with Gasteiger partial charge in [0.05, 0.1) is 6.61 Å². The first-order chi connectivity index (χ1) is 10.7. The van der Waals surface area contributed by atoms with Gasteiger partial charge in [-0.25, -0.2) is 0 Å². The third kappa shape index (κ3) is 6.10. The van der Waals surface area contributed by atoms with Crippen LogP contribution in [0.15, 0.2) is 0 Å². The van der Waals surface area contributed by atoms with Gasteiger partial charge in [0.15, 0.2) is 6.29 Å². The number of hydrogen-bond donors (Lipinski definition) is 3. The molecule has 1 heterocycles. The van der Waals surface area contributed by atoms with E-state index in [2.05, 4.69) is 6.92 Å². The van der Waals surface area contributed by atoms with Crippen molar-refractivity contribution in [3.05, 3.63) is 0 Å². The zero-order valence-electron chi connectivity index (χ0n) is 13.8. The second-order valence-corrected chi connectivity index (χ2v) is 5.90. The second-order valence-electron chi connectivity index (χ2n) is 5.90. The summed E-state index contributed by atoms with van der Waals surface area (Å²) in [7, 11) is 1.38. The van der Waals surface area contributed by atoms with Gasteiger partial charge in [-0.2, -0.15) is 0 Å². The van der Waals surface area contributed by atoms with Gasteiger partial charge in [0, 0.05) is 13.7 Å². The molecule has 6 heteroatoms. The summed E-state index contributed by atoms with van der Waals surface area (Å²) < 4.78 is 16.0. The monoisotopic (exact) mass is 320 g/mol. The highest BCUT2D eigenvalue weighted by molar-refractivity contribution is 4.90. The minimum absolute atomic E-state index is 0.286. The van der Waals surface area contributed by atoms with Gasteiger partial charge < -0.3 is 29.5 Å². The van der Waals surface area contributed by atoms with Crippen molar-refractivity contribution in [3.8, 4) is 0 Å². The van der Waals surface area contributed by atoms with Gasteiger partial charge in [-0.3, -0.25) is 0 Å². The number of aliphatic hydroxyl groups excluding tert-OH is 3. The Morgan fingerprint density at radius 3 is 2.18 bits per heavy atom. The van der Waals surface area contributed by atoms with Gasteiger partial charge in [0.2, 0.25) is 0 Å². The van der Waals surface area contributed by atoms with Crippen LogP contribution >= 0.6 is 0 Å². The quantitative estimate of drug-likeness (QED) is 0.496. The molecule has 0 bridgehead atoms. The molecule has 0 aromatic heterocycles. The van der Waals surface area contributed by atoms with Gasteiger partial charge >= 0.3 is 0 Å². The molecule has 6 nitrogen and oxygen atoms in total. The maximum atomic E-state index is 10.1. The average molecular weight is 320 g/mol. The molecule has 1 aliphatic rings. The molecule has 0 radical (unpaired) electrons. The largest absolute Gasteiger partial charge is 0.394 e. The molecule has 22 heavy (non-hydrogen) atoms. The standard InChI is InChI=1S/C16H32O6/c1-3-4-5-6-7-8-9-10-21-15-12(11-17)22-16(20-2)14(19)13(15)18/h12-19H,3-11H2,1-2H3/t12-,13-,14-,15-,16-/m1/s1. The summed E-state index contributed by atoms with van der Waals surface area (Å²) in [5.74, 6) is 0. The van der Waals surface area contributed by atoms with Crippen molar-refractivity contribution in [1.29, 1.82) is 0 Å². The van der Waals surface area contributed by atoms with Crippen LogP contribution in [0.25, 0.3) is 0 Å². The van der Waals surface area contributed by atoms with Crippen LogP contribution < -0.4 is 0 Å². The van der Waals surface area contributed by atoms with Gasteiger partial charge in [0.25, 0.3) is 0 Å². The van der Waals surface area contributed by atoms with Crippen LogP contribution in [0.2, 0.25) is 0 Å². The van der Waals surface area contributed by atoms with Gasteiger partial charge in [0.1, 0.15) is 24.4 Å². The lowest BCUT2D eigenvalue weighted by Crippen LogP contribution is -2.59. The maximum absolute atomic E-state index is 10.1. The third-order valence-electron chi connectivity index (χ3n) is 4.11. The molecule has 0 amide bonds. The molecule has 0 aromatic rings. The number of hydrogen-bond acceptors (Lipinski definition) is 6. The minimum Gasteiger partial charge on any atom is -0.394 e. The van der Waals surface area contributed by atoms with E-state index in [1.807, 2.05) is 0 Å². The first-order valence-electron chi connectivity index (χ1n) is 8.42. The SMILES string of the molecule is CCCCCCCCCO[C@H]1[C@H](O)[C@@H](O)[C@H](OC)O[C@@H]1CO. The van der Waals surface area contributed by atoms with Crippen molar-refractivity contribution in [2.45, 2.75) is 82.6 Å². The molecule has 1 saturated heterocycles. The fourth-order valence-electron chi connectivity index (χ4n) is 2.73. The summed E-state index contributed by atoms with van der Waals surface area (Å²) in [4.78, 5) is 0. The molecule has 1 aliphatic heterocycles. The van der Waals surface area contributed by atoms with Crippen LogP contribution in [-0.4, -0.2) is 66.3 Å². The van der Waals surface area contributed by atoms with Crippen molar-refractivity contribution in [2.24, 2.45) is 0 Å². The summed E-state index contributed by atoms with van der Waals surface area (Å²) >= 11 is 0.